The van der Waals surface area contributed by atoms with Crippen molar-refractivity contribution in [2.45, 2.75) is 44.7 Å². The Bertz CT molecular complexity index is 267. The molecule has 4 nitrogen and oxygen atoms in total. The van der Waals surface area contributed by atoms with Crippen LogP contribution in [0, 0.1) is 5.41 Å². The predicted molar refractivity (Wildman–Crippen MR) is 59.1 cm³/mol. The quantitative estimate of drug-likeness (QED) is 0.644. The van der Waals surface area contributed by atoms with E-state index in [1.54, 1.807) is 6.92 Å². The molecule has 2 fully saturated rings. The Morgan fingerprint density at radius 2 is 2.27 bits per heavy atom. The van der Waals surface area contributed by atoms with Crippen molar-refractivity contribution in [2.24, 2.45) is 16.9 Å². The Morgan fingerprint density at radius 1 is 1.53 bits per heavy atom. The van der Waals surface area contributed by atoms with Gasteiger partial charge in [0.25, 0.3) is 0 Å². The Labute approximate surface area is 91.0 Å². The third kappa shape index (κ3) is 2.01. The number of nitrogens with two attached hydrogens (primary N) is 2. The van der Waals surface area contributed by atoms with Crippen LogP contribution in [0.15, 0.2) is 0 Å². The summed E-state index contributed by atoms with van der Waals surface area (Å²) in [4.78, 5) is 13.7. The monoisotopic (exact) mass is 211 g/mol. The van der Waals surface area contributed by atoms with E-state index in [1.807, 2.05) is 4.90 Å². The molecule has 1 aliphatic carbocycles. The normalized spacial score (nSPS) is 37.5. The molecule has 1 amide bonds. The van der Waals surface area contributed by atoms with Gasteiger partial charge in [0.1, 0.15) is 0 Å². The minimum atomic E-state index is -0.366. The summed E-state index contributed by atoms with van der Waals surface area (Å²) >= 11 is 0. The largest absolute Gasteiger partial charge is 0.341 e. The maximum absolute atomic E-state index is 11.7. The molecular formula is C11H21N3O. The van der Waals surface area contributed by atoms with Gasteiger partial charge in [0.05, 0.1) is 6.04 Å². The second kappa shape index (κ2) is 3.76. The number of hydrogen-bond acceptors (Lipinski definition) is 3. The number of amides is 1. The van der Waals surface area contributed by atoms with Gasteiger partial charge in [-0.1, -0.05) is 0 Å². The molecule has 0 radical (unpaired) electrons. The summed E-state index contributed by atoms with van der Waals surface area (Å²) in [6.07, 6.45) is 4.48. The van der Waals surface area contributed by atoms with Crippen molar-refractivity contribution < 1.29 is 4.79 Å². The van der Waals surface area contributed by atoms with Crippen molar-refractivity contribution in [2.75, 3.05) is 13.1 Å². The first kappa shape index (κ1) is 10.9. The molecule has 2 rings (SSSR count). The van der Waals surface area contributed by atoms with E-state index in [0.29, 0.717) is 11.5 Å². The summed E-state index contributed by atoms with van der Waals surface area (Å²) in [5.41, 5.74) is 11.9. The smallest absolute Gasteiger partial charge is 0.239 e. The highest BCUT2D eigenvalue weighted by Crippen LogP contribution is 2.44. The Kier molecular flexibility index (Phi) is 2.73. The zero-order valence-electron chi connectivity index (χ0n) is 9.41. The van der Waals surface area contributed by atoms with Gasteiger partial charge < -0.3 is 16.4 Å². The lowest BCUT2D eigenvalue weighted by atomic mass is 9.85. The van der Waals surface area contributed by atoms with Gasteiger partial charge >= 0.3 is 0 Å². The van der Waals surface area contributed by atoms with E-state index in [0.717, 1.165) is 32.4 Å². The predicted octanol–water partition coefficient (Wildman–Crippen LogP) is 0.0635. The van der Waals surface area contributed by atoms with E-state index in [2.05, 4.69) is 0 Å². The molecule has 0 unspecified atom stereocenters. The Hall–Kier alpha value is -0.610. The summed E-state index contributed by atoms with van der Waals surface area (Å²) in [6, 6.07) is -0.0226. The van der Waals surface area contributed by atoms with E-state index < -0.39 is 0 Å². The highest BCUT2D eigenvalue weighted by atomic mass is 16.2. The molecule has 4 heteroatoms. The van der Waals surface area contributed by atoms with Crippen molar-refractivity contribution in [1.29, 1.82) is 0 Å². The number of nitrogens with zero attached hydrogens (tertiary/aromatic N) is 1. The van der Waals surface area contributed by atoms with E-state index in [-0.39, 0.29) is 11.9 Å². The van der Waals surface area contributed by atoms with Gasteiger partial charge in [-0.05, 0) is 38.0 Å². The minimum Gasteiger partial charge on any atom is -0.341 e. The van der Waals surface area contributed by atoms with Crippen LogP contribution in [0.5, 0.6) is 0 Å². The van der Waals surface area contributed by atoms with Crippen LogP contribution in [0.25, 0.3) is 0 Å². The summed E-state index contributed by atoms with van der Waals surface area (Å²) < 4.78 is 0. The van der Waals surface area contributed by atoms with E-state index >= 15 is 0 Å². The van der Waals surface area contributed by atoms with E-state index in [4.69, 9.17) is 11.5 Å². The fourth-order valence-electron chi connectivity index (χ4n) is 3.03. The number of carbonyl (C=O) groups is 1. The fourth-order valence-corrected chi connectivity index (χ4v) is 3.03. The van der Waals surface area contributed by atoms with Crippen molar-refractivity contribution in [3.8, 4) is 0 Å². The second-order valence-corrected chi connectivity index (χ2v) is 5.30. The van der Waals surface area contributed by atoms with Crippen LogP contribution in [0.2, 0.25) is 0 Å². The average Bonchev–Trinajstić information content (AvgIpc) is 2.74. The van der Waals surface area contributed by atoms with Gasteiger partial charge in [0.15, 0.2) is 0 Å². The van der Waals surface area contributed by atoms with Gasteiger partial charge in [-0.3, -0.25) is 4.79 Å². The topological polar surface area (TPSA) is 72.4 Å². The highest BCUT2D eigenvalue weighted by Gasteiger charge is 2.44. The highest BCUT2D eigenvalue weighted by molar-refractivity contribution is 5.81. The SMILES string of the molecule is C[C@@H](N)C(=O)N1CC[C@@]2(CC[C@@H](N)C2)C1. The Morgan fingerprint density at radius 3 is 2.80 bits per heavy atom. The number of carbonyl (C=O) groups excluding carboxylic acids is 1. The molecular weight excluding hydrogens is 190 g/mol. The molecule has 15 heavy (non-hydrogen) atoms. The summed E-state index contributed by atoms with van der Waals surface area (Å²) in [6.45, 7) is 3.50. The third-order valence-corrected chi connectivity index (χ3v) is 3.88. The van der Waals surface area contributed by atoms with Crippen molar-refractivity contribution in [3.63, 3.8) is 0 Å². The molecule has 1 saturated carbocycles. The third-order valence-electron chi connectivity index (χ3n) is 3.88. The second-order valence-electron chi connectivity index (χ2n) is 5.30. The van der Waals surface area contributed by atoms with Crippen LogP contribution in [-0.2, 0) is 4.79 Å². The zero-order valence-corrected chi connectivity index (χ0v) is 9.41. The summed E-state index contributed by atoms with van der Waals surface area (Å²) in [7, 11) is 0. The van der Waals surface area contributed by atoms with Crippen molar-refractivity contribution in [1.82, 2.24) is 4.90 Å². The molecule has 2 aliphatic rings. The molecule has 0 bridgehead atoms. The zero-order chi connectivity index (χ0) is 11.1. The standard InChI is InChI=1S/C11H21N3O/c1-8(12)10(15)14-5-4-11(7-14)3-2-9(13)6-11/h8-9H,2-7,12-13H2,1H3/t8-,9-,11-/m1/s1. The Balaban J connectivity index is 1.98. The number of hydrogen-bond donors (Lipinski definition) is 2. The first-order chi connectivity index (χ1) is 7.02. The van der Waals surface area contributed by atoms with E-state index in [1.165, 1.54) is 6.42 Å². The molecule has 86 valence electrons. The first-order valence-electron chi connectivity index (χ1n) is 5.82. The van der Waals surface area contributed by atoms with E-state index in [9.17, 15) is 4.79 Å². The van der Waals surface area contributed by atoms with Crippen LogP contribution in [0.3, 0.4) is 0 Å². The van der Waals surface area contributed by atoms with Gasteiger partial charge in [0.2, 0.25) is 5.91 Å². The number of rotatable bonds is 1. The maximum atomic E-state index is 11.7. The number of likely N-dealkylation sites (tertiary alicyclic amines) is 1. The molecule has 0 aromatic heterocycles. The lowest BCUT2D eigenvalue weighted by Gasteiger charge is -2.24. The lowest BCUT2D eigenvalue weighted by Crippen LogP contribution is -2.41. The average molecular weight is 211 g/mol. The first-order valence-corrected chi connectivity index (χ1v) is 5.82. The van der Waals surface area contributed by atoms with Crippen LogP contribution in [-0.4, -0.2) is 36.0 Å². The van der Waals surface area contributed by atoms with Gasteiger partial charge in [-0.15, -0.1) is 0 Å². The molecule has 1 saturated heterocycles. The van der Waals surface area contributed by atoms with Crippen LogP contribution < -0.4 is 11.5 Å². The minimum absolute atomic E-state index is 0.0901. The molecule has 4 N–H and O–H groups in total. The van der Waals surface area contributed by atoms with Crippen LogP contribution >= 0.6 is 0 Å². The van der Waals surface area contributed by atoms with Gasteiger partial charge in [-0.2, -0.15) is 0 Å². The van der Waals surface area contributed by atoms with Crippen molar-refractivity contribution >= 4 is 5.91 Å². The van der Waals surface area contributed by atoms with Gasteiger partial charge in [0, 0.05) is 19.1 Å². The molecule has 1 spiro atoms. The van der Waals surface area contributed by atoms with Crippen molar-refractivity contribution in [3.05, 3.63) is 0 Å². The molecule has 1 heterocycles. The molecule has 3 atom stereocenters. The maximum Gasteiger partial charge on any atom is 0.239 e. The molecule has 1 aliphatic heterocycles. The summed E-state index contributed by atoms with van der Waals surface area (Å²) in [5, 5.41) is 0. The summed E-state index contributed by atoms with van der Waals surface area (Å²) in [5.74, 6) is 0.0901. The molecule has 0 aromatic rings. The van der Waals surface area contributed by atoms with Crippen LogP contribution in [0.1, 0.15) is 32.6 Å². The molecule has 0 aromatic carbocycles. The lowest BCUT2D eigenvalue weighted by molar-refractivity contribution is -0.131. The van der Waals surface area contributed by atoms with Crippen LogP contribution in [0.4, 0.5) is 0 Å². The fraction of sp³-hybridized carbons (Fsp3) is 0.909. The van der Waals surface area contributed by atoms with Gasteiger partial charge in [-0.25, -0.2) is 0 Å².